The van der Waals surface area contributed by atoms with Crippen LogP contribution in [0.5, 0.6) is 0 Å². The van der Waals surface area contributed by atoms with E-state index in [1.54, 1.807) is 0 Å². The summed E-state index contributed by atoms with van der Waals surface area (Å²) in [6.45, 7) is 6.18. The molecule has 2 aromatic heterocycles. The fraction of sp³-hybridized carbons (Fsp3) is 0.839. The molecule has 0 aromatic carbocycles. The van der Waals surface area contributed by atoms with Crippen LogP contribution >= 0.6 is 0 Å². The quantitative estimate of drug-likeness (QED) is 0.216. The highest BCUT2D eigenvalue weighted by Gasteiger charge is 2.25. The van der Waals surface area contributed by atoms with Gasteiger partial charge in [0, 0.05) is 44.4 Å². The SMILES string of the molecule is CCCCOCCCCCCC1CCN(Nc2nc(N[C@H]3CC[C@H](N)CC3)nc3c2ncn3C2CCCC2)CC1. The largest absolute Gasteiger partial charge is 0.381 e. The first-order valence-corrected chi connectivity index (χ1v) is 16.6. The maximum absolute atomic E-state index is 6.15. The predicted molar refractivity (Wildman–Crippen MR) is 163 cm³/mol. The Bertz CT molecular complexity index is 1010. The van der Waals surface area contributed by atoms with Crippen molar-refractivity contribution in [3.05, 3.63) is 6.33 Å². The lowest BCUT2D eigenvalue weighted by Gasteiger charge is -2.32. The molecule has 2 aliphatic carbocycles. The zero-order valence-electron chi connectivity index (χ0n) is 25.0. The van der Waals surface area contributed by atoms with E-state index in [0.717, 1.165) is 80.8 Å². The third-order valence-electron chi connectivity index (χ3n) is 9.42. The monoisotopic (exact) mass is 554 g/mol. The first-order chi connectivity index (χ1) is 19.7. The topological polar surface area (TPSA) is 106 Å². The number of hydrazine groups is 1. The van der Waals surface area contributed by atoms with Crippen LogP contribution in [-0.4, -0.2) is 62.9 Å². The number of unbranched alkanes of at least 4 members (excludes halogenated alkanes) is 4. The van der Waals surface area contributed by atoms with Gasteiger partial charge in [-0.1, -0.05) is 51.9 Å². The molecule has 1 saturated heterocycles. The number of hydrogen-bond acceptors (Lipinski definition) is 8. The molecule has 3 fully saturated rings. The fourth-order valence-electron chi connectivity index (χ4n) is 6.78. The molecule has 0 radical (unpaired) electrons. The van der Waals surface area contributed by atoms with E-state index >= 15 is 0 Å². The minimum absolute atomic E-state index is 0.334. The molecular formula is C31H54N8O. The first kappa shape index (κ1) is 29.5. The second-order valence-electron chi connectivity index (χ2n) is 12.6. The van der Waals surface area contributed by atoms with Gasteiger partial charge in [0.05, 0.1) is 6.33 Å². The van der Waals surface area contributed by atoms with Crippen molar-refractivity contribution in [2.24, 2.45) is 11.7 Å². The Kier molecular flexibility index (Phi) is 11.3. The van der Waals surface area contributed by atoms with Gasteiger partial charge in [0.25, 0.3) is 0 Å². The van der Waals surface area contributed by atoms with Crippen molar-refractivity contribution in [3.8, 4) is 0 Å². The van der Waals surface area contributed by atoms with Crippen LogP contribution in [0.4, 0.5) is 11.8 Å². The van der Waals surface area contributed by atoms with E-state index in [4.69, 9.17) is 25.4 Å². The Balaban J connectivity index is 1.14. The van der Waals surface area contributed by atoms with E-state index in [1.165, 1.54) is 83.5 Å². The number of imidazole rings is 1. The van der Waals surface area contributed by atoms with Crippen LogP contribution in [0.2, 0.25) is 0 Å². The van der Waals surface area contributed by atoms with Gasteiger partial charge in [0.15, 0.2) is 17.0 Å². The maximum atomic E-state index is 6.15. The molecule has 5 rings (SSSR count). The molecular weight excluding hydrogens is 500 g/mol. The molecule has 0 amide bonds. The maximum Gasteiger partial charge on any atom is 0.227 e. The second-order valence-corrected chi connectivity index (χ2v) is 12.6. The third kappa shape index (κ3) is 8.29. The summed E-state index contributed by atoms with van der Waals surface area (Å²) < 4.78 is 8.00. The molecule has 1 aliphatic heterocycles. The lowest BCUT2D eigenvalue weighted by Crippen LogP contribution is -2.38. The number of nitrogens with zero attached hydrogens (tertiary/aromatic N) is 5. The average Bonchev–Trinajstić information content (AvgIpc) is 3.65. The number of aromatic nitrogens is 4. The predicted octanol–water partition coefficient (Wildman–Crippen LogP) is 6.43. The van der Waals surface area contributed by atoms with E-state index < -0.39 is 0 Å². The first-order valence-electron chi connectivity index (χ1n) is 16.6. The molecule has 0 bridgehead atoms. The zero-order chi connectivity index (χ0) is 27.6. The lowest BCUT2D eigenvalue weighted by molar-refractivity contribution is 0.127. The summed E-state index contributed by atoms with van der Waals surface area (Å²) in [6.07, 6.45) is 22.7. The van der Waals surface area contributed by atoms with Crippen molar-refractivity contribution in [3.63, 3.8) is 0 Å². The highest BCUT2D eigenvalue weighted by Crippen LogP contribution is 2.34. The number of rotatable bonds is 15. The van der Waals surface area contributed by atoms with Crippen LogP contribution in [0.25, 0.3) is 11.2 Å². The van der Waals surface area contributed by atoms with Crippen molar-refractivity contribution in [2.75, 3.05) is 37.0 Å². The molecule has 4 N–H and O–H groups in total. The van der Waals surface area contributed by atoms with Crippen LogP contribution in [0.1, 0.15) is 122 Å². The Morgan fingerprint density at radius 2 is 1.65 bits per heavy atom. The van der Waals surface area contributed by atoms with Crippen LogP contribution in [-0.2, 0) is 4.74 Å². The van der Waals surface area contributed by atoms with E-state index in [0.29, 0.717) is 18.1 Å². The summed E-state index contributed by atoms with van der Waals surface area (Å²) in [5.41, 5.74) is 11.7. The minimum atomic E-state index is 0.334. The number of hydrogen-bond donors (Lipinski definition) is 3. The van der Waals surface area contributed by atoms with Crippen molar-refractivity contribution >= 4 is 22.9 Å². The molecule has 224 valence electrons. The standard InChI is InChI=1S/C31H54N8O/c1-2-3-21-40-22-9-5-4-6-10-24-17-19-38(20-18-24)37-29-28-30(39(23-33-28)27-11-7-8-12-27)36-31(35-29)34-26-15-13-25(32)14-16-26/h23-27H,2-22,32H2,1H3,(H2,34,35,36,37)/t25-,26-. The van der Waals surface area contributed by atoms with Crippen molar-refractivity contribution in [1.29, 1.82) is 0 Å². The van der Waals surface area contributed by atoms with Crippen LogP contribution in [0.3, 0.4) is 0 Å². The molecule has 9 heteroatoms. The average molecular weight is 555 g/mol. The van der Waals surface area contributed by atoms with E-state index in [9.17, 15) is 0 Å². The van der Waals surface area contributed by atoms with Crippen LogP contribution in [0.15, 0.2) is 6.33 Å². The number of fused-ring (bicyclic) bond motifs is 1. The number of anilines is 2. The minimum Gasteiger partial charge on any atom is -0.381 e. The van der Waals surface area contributed by atoms with Gasteiger partial charge in [0.2, 0.25) is 5.95 Å². The summed E-state index contributed by atoms with van der Waals surface area (Å²) in [7, 11) is 0. The molecule has 0 spiro atoms. The summed E-state index contributed by atoms with van der Waals surface area (Å²) >= 11 is 0. The lowest BCUT2D eigenvalue weighted by atomic mass is 9.92. The molecule has 0 atom stereocenters. The van der Waals surface area contributed by atoms with Crippen LogP contribution < -0.4 is 16.5 Å². The Morgan fingerprint density at radius 1 is 0.900 bits per heavy atom. The molecule has 2 aromatic rings. The van der Waals surface area contributed by atoms with Gasteiger partial charge in [-0.05, 0) is 70.1 Å². The van der Waals surface area contributed by atoms with E-state index in [2.05, 4.69) is 27.2 Å². The fourth-order valence-corrected chi connectivity index (χ4v) is 6.78. The summed E-state index contributed by atoms with van der Waals surface area (Å²) in [4.78, 5) is 14.8. The molecule has 0 unspecified atom stereocenters. The molecule has 40 heavy (non-hydrogen) atoms. The number of ether oxygens (including phenoxy) is 1. The highest BCUT2D eigenvalue weighted by atomic mass is 16.5. The van der Waals surface area contributed by atoms with Crippen LogP contribution in [0, 0.1) is 5.92 Å². The van der Waals surface area contributed by atoms with E-state index in [-0.39, 0.29) is 0 Å². The van der Waals surface area contributed by atoms with Crippen molar-refractivity contribution < 1.29 is 4.74 Å². The second kappa shape index (κ2) is 15.3. The Hall–Kier alpha value is -1.97. The number of nitrogens with one attached hydrogen (secondary N) is 2. The highest BCUT2D eigenvalue weighted by molar-refractivity contribution is 5.84. The van der Waals surface area contributed by atoms with Gasteiger partial charge in [-0.25, -0.2) is 9.99 Å². The van der Waals surface area contributed by atoms with Gasteiger partial charge < -0.3 is 25.8 Å². The molecule has 2 saturated carbocycles. The van der Waals surface area contributed by atoms with Gasteiger partial charge in [-0.3, -0.25) is 0 Å². The number of nitrogens with two attached hydrogens (primary N) is 1. The normalized spacial score (nSPS) is 23.2. The summed E-state index contributed by atoms with van der Waals surface area (Å²) in [5, 5.41) is 6.00. The van der Waals surface area contributed by atoms with E-state index in [1.807, 2.05) is 6.33 Å². The molecule has 3 heterocycles. The van der Waals surface area contributed by atoms with Crippen molar-refractivity contribution in [2.45, 2.75) is 134 Å². The number of piperidine rings is 1. The van der Waals surface area contributed by atoms with Gasteiger partial charge in [-0.2, -0.15) is 9.97 Å². The third-order valence-corrected chi connectivity index (χ3v) is 9.42. The van der Waals surface area contributed by atoms with Gasteiger partial charge >= 0.3 is 0 Å². The Labute approximate surface area is 241 Å². The Morgan fingerprint density at radius 3 is 2.42 bits per heavy atom. The molecule has 3 aliphatic rings. The molecule has 9 nitrogen and oxygen atoms in total. The zero-order valence-corrected chi connectivity index (χ0v) is 25.0. The van der Waals surface area contributed by atoms with Gasteiger partial charge in [0.1, 0.15) is 0 Å². The summed E-state index contributed by atoms with van der Waals surface area (Å²) in [6, 6.07) is 1.22. The van der Waals surface area contributed by atoms with Crippen molar-refractivity contribution in [1.82, 2.24) is 24.5 Å². The van der Waals surface area contributed by atoms with Gasteiger partial charge in [-0.15, -0.1) is 0 Å². The smallest absolute Gasteiger partial charge is 0.227 e. The summed E-state index contributed by atoms with van der Waals surface area (Å²) in [5.74, 6) is 2.40.